The predicted octanol–water partition coefficient (Wildman–Crippen LogP) is 6.87. The monoisotopic (exact) mass is 522 g/mol. The van der Waals surface area contributed by atoms with Gasteiger partial charge in [-0.1, -0.05) is 85.4 Å². The van der Waals surface area contributed by atoms with E-state index in [0.29, 0.717) is 22.9 Å². The average Bonchev–Trinajstić information content (AvgIpc) is 2.63. The predicted molar refractivity (Wildman–Crippen MR) is 119 cm³/mol. The zero-order chi connectivity index (χ0) is 19.5. The summed E-state index contributed by atoms with van der Waals surface area (Å²) in [6.45, 7) is 3.56. The molecule has 2 rings (SSSR count). The highest BCUT2D eigenvalue weighted by Crippen LogP contribution is 2.24. The number of rotatable bonds is 7. The van der Waals surface area contributed by atoms with Crippen molar-refractivity contribution in [3.8, 4) is 0 Å². The standard InChI is InChI=1S/C10H11Br2ClO.C10H11ClO/c11-6-8(12)5-10(14)7-1-3-9(13)4-2-7;1-2-3-10(12)8-4-6-9(11)7-5-8/h1-4,8,10,14H,5-6H2;2,4-7,10,12H,1,3H2/t8?,10-;10-/m11/s1. The molecular weight excluding hydrogens is 503 g/mol. The Morgan fingerprint density at radius 3 is 1.69 bits per heavy atom. The van der Waals surface area contributed by atoms with Gasteiger partial charge >= 0.3 is 0 Å². The molecular formula is C20H22Br2Cl2O2. The highest BCUT2D eigenvalue weighted by molar-refractivity contribution is 9.12. The molecule has 0 bridgehead atoms. The van der Waals surface area contributed by atoms with Crippen molar-refractivity contribution in [1.29, 1.82) is 0 Å². The molecule has 0 heterocycles. The van der Waals surface area contributed by atoms with Crippen LogP contribution in [0.15, 0.2) is 61.2 Å². The van der Waals surface area contributed by atoms with E-state index in [2.05, 4.69) is 38.4 Å². The first kappa shape index (κ1) is 23.7. The molecule has 0 aliphatic carbocycles. The number of hydrogen-bond donors (Lipinski definition) is 2. The lowest BCUT2D eigenvalue weighted by Crippen LogP contribution is -2.07. The number of benzene rings is 2. The molecule has 0 amide bonds. The molecule has 0 saturated carbocycles. The van der Waals surface area contributed by atoms with Gasteiger partial charge in [-0.05, 0) is 48.2 Å². The second kappa shape index (κ2) is 12.9. The number of hydrogen-bond acceptors (Lipinski definition) is 2. The van der Waals surface area contributed by atoms with Gasteiger partial charge in [0.05, 0.1) is 12.2 Å². The zero-order valence-corrected chi connectivity index (χ0v) is 18.8. The Labute approximate surface area is 182 Å². The maximum absolute atomic E-state index is 9.82. The van der Waals surface area contributed by atoms with Crippen LogP contribution in [0.25, 0.3) is 0 Å². The SMILES string of the molecule is C=CC[C@@H](O)c1ccc(Cl)cc1.O[C@H](CC(Br)CBr)c1ccc(Cl)cc1. The summed E-state index contributed by atoms with van der Waals surface area (Å²) in [5, 5.41) is 21.5. The molecule has 3 atom stereocenters. The smallest absolute Gasteiger partial charge is 0.0824 e. The third kappa shape index (κ3) is 9.03. The van der Waals surface area contributed by atoms with Crippen molar-refractivity contribution in [2.75, 3.05) is 5.33 Å². The van der Waals surface area contributed by atoms with Gasteiger partial charge in [0, 0.05) is 20.2 Å². The van der Waals surface area contributed by atoms with Gasteiger partial charge in [-0.3, -0.25) is 0 Å². The van der Waals surface area contributed by atoms with Crippen LogP contribution < -0.4 is 0 Å². The van der Waals surface area contributed by atoms with Crippen LogP contribution in [0.5, 0.6) is 0 Å². The van der Waals surface area contributed by atoms with Gasteiger partial charge in [-0.25, -0.2) is 0 Å². The number of alkyl halides is 2. The van der Waals surface area contributed by atoms with Gasteiger partial charge in [0.15, 0.2) is 0 Å². The molecule has 0 aliphatic heterocycles. The second-order valence-electron chi connectivity index (χ2n) is 5.65. The summed E-state index contributed by atoms with van der Waals surface area (Å²) in [4.78, 5) is 0.285. The van der Waals surface area contributed by atoms with Crippen molar-refractivity contribution in [1.82, 2.24) is 0 Å². The summed E-state index contributed by atoms with van der Waals surface area (Å²) in [7, 11) is 0. The molecule has 2 nitrogen and oxygen atoms in total. The highest BCUT2D eigenvalue weighted by atomic mass is 79.9. The Morgan fingerprint density at radius 1 is 0.885 bits per heavy atom. The van der Waals surface area contributed by atoms with E-state index < -0.39 is 12.2 Å². The van der Waals surface area contributed by atoms with Gasteiger partial charge in [0.2, 0.25) is 0 Å². The minimum absolute atomic E-state index is 0.285. The van der Waals surface area contributed by atoms with Crippen molar-refractivity contribution in [3.63, 3.8) is 0 Å². The quantitative estimate of drug-likeness (QED) is 0.306. The molecule has 0 saturated heterocycles. The Kier molecular flexibility index (Phi) is 11.8. The first-order valence-corrected chi connectivity index (χ1v) is 10.8. The second-order valence-corrected chi connectivity index (χ2v) is 8.46. The summed E-state index contributed by atoms with van der Waals surface area (Å²) in [5.41, 5.74) is 1.78. The first-order chi connectivity index (χ1) is 12.4. The lowest BCUT2D eigenvalue weighted by Gasteiger charge is -2.13. The van der Waals surface area contributed by atoms with Gasteiger partial charge in [0.25, 0.3) is 0 Å². The van der Waals surface area contributed by atoms with E-state index in [4.69, 9.17) is 23.2 Å². The normalized spacial score (nSPS) is 13.9. The fourth-order valence-corrected chi connectivity index (χ4v) is 2.98. The molecule has 2 aromatic rings. The molecule has 0 radical (unpaired) electrons. The topological polar surface area (TPSA) is 40.5 Å². The summed E-state index contributed by atoms with van der Waals surface area (Å²) in [5.74, 6) is 0. The van der Waals surface area contributed by atoms with E-state index in [1.54, 1.807) is 30.3 Å². The van der Waals surface area contributed by atoms with Crippen molar-refractivity contribution in [2.45, 2.75) is 29.9 Å². The molecule has 6 heteroatoms. The number of halogens is 4. The van der Waals surface area contributed by atoms with E-state index in [9.17, 15) is 10.2 Å². The van der Waals surface area contributed by atoms with Crippen molar-refractivity contribution < 1.29 is 10.2 Å². The summed E-state index contributed by atoms with van der Waals surface area (Å²) >= 11 is 18.2. The molecule has 1 unspecified atom stereocenters. The molecule has 2 aromatic carbocycles. The fraction of sp³-hybridized carbons (Fsp3) is 0.300. The van der Waals surface area contributed by atoms with Crippen LogP contribution in [0.3, 0.4) is 0 Å². The molecule has 26 heavy (non-hydrogen) atoms. The zero-order valence-electron chi connectivity index (χ0n) is 14.2. The van der Waals surface area contributed by atoms with Crippen LogP contribution in [-0.2, 0) is 0 Å². The largest absolute Gasteiger partial charge is 0.388 e. The number of aliphatic hydroxyl groups is 2. The van der Waals surface area contributed by atoms with Gasteiger partial charge in [-0.2, -0.15) is 0 Å². The van der Waals surface area contributed by atoms with Crippen molar-refractivity contribution >= 4 is 55.1 Å². The van der Waals surface area contributed by atoms with Crippen LogP contribution in [0.4, 0.5) is 0 Å². The third-order valence-corrected chi connectivity index (χ3v) is 6.40. The lowest BCUT2D eigenvalue weighted by molar-refractivity contribution is 0.169. The van der Waals surface area contributed by atoms with Crippen LogP contribution >= 0.6 is 55.1 Å². The maximum Gasteiger partial charge on any atom is 0.0824 e. The third-order valence-electron chi connectivity index (χ3n) is 3.55. The van der Waals surface area contributed by atoms with Crippen molar-refractivity contribution in [3.05, 3.63) is 82.4 Å². The molecule has 0 fully saturated rings. The van der Waals surface area contributed by atoms with Gasteiger partial charge in [0.1, 0.15) is 0 Å². The van der Waals surface area contributed by atoms with Crippen LogP contribution in [0.2, 0.25) is 10.0 Å². The van der Waals surface area contributed by atoms with E-state index in [0.717, 1.165) is 16.5 Å². The van der Waals surface area contributed by atoms with Gasteiger partial charge < -0.3 is 10.2 Å². The van der Waals surface area contributed by atoms with Crippen LogP contribution in [0.1, 0.15) is 36.2 Å². The highest BCUT2D eigenvalue weighted by Gasteiger charge is 2.12. The Balaban J connectivity index is 0.000000263. The van der Waals surface area contributed by atoms with E-state index in [1.165, 1.54) is 0 Å². The molecule has 142 valence electrons. The molecule has 0 aromatic heterocycles. The van der Waals surface area contributed by atoms with E-state index in [1.807, 2.05) is 24.3 Å². The molecule has 0 aliphatic rings. The first-order valence-electron chi connectivity index (χ1n) is 8.05. The van der Waals surface area contributed by atoms with Gasteiger partial charge in [-0.15, -0.1) is 6.58 Å². The Morgan fingerprint density at radius 2 is 1.31 bits per heavy atom. The fourth-order valence-electron chi connectivity index (χ4n) is 2.11. The average molecular weight is 525 g/mol. The lowest BCUT2D eigenvalue weighted by atomic mass is 10.1. The molecule has 0 spiro atoms. The minimum atomic E-state index is -0.459. The van der Waals surface area contributed by atoms with Crippen molar-refractivity contribution in [2.24, 2.45) is 0 Å². The summed E-state index contributed by atoms with van der Waals surface area (Å²) in [6, 6.07) is 14.4. The Hall–Kier alpha value is -0.360. The van der Waals surface area contributed by atoms with Crippen LogP contribution in [-0.4, -0.2) is 20.4 Å². The molecule has 2 N–H and O–H groups in total. The van der Waals surface area contributed by atoms with Crippen LogP contribution in [0, 0.1) is 0 Å². The maximum atomic E-state index is 9.82. The Bertz CT molecular complexity index is 648. The summed E-state index contributed by atoms with van der Waals surface area (Å²) in [6.07, 6.45) is 2.06. The van der Waals surface area contributed by atoms with E-state index >= 15 is 0 Å². The number of aliphatic hydroxyl groups excluding tert-OH is 2. The minimum Gasteiger partial charge on any atom is -0.388 e. The van der Waals surface area contributed by atoms with E-state index in [-0.39, 0.29) is 4.83 Å². The summed E-state index contributed by atoms with van der Waals surface area (Å²) < 4.78 is 0.